The lowest BCUT2D eigenvalue weighted by Gasteiger charge is -2.39. The quantitative estimate of drug-likeness (QED) is 0.167. The molecule has 0 saturated heterocycles. The van der Waals surface area contributed by atoms with Gasteiger partial charge in [0, 0.05) is 14.7 Å². The van der Waals surface area contributed by atoms with Crippen LogP contribution in [0.3, 0.4) is 0 Å². The molecule has 5 aromatic rings. The SMILES string of the molecule is Cc1ccc(S(=O)(=O)Oc2ccc(S(=O)(=O)OS(c3ccccc3)(c3ccccc3)c3ccccc3)cc2)cc1. The van der Waals surface area contributed by atoms with Crippen molar-refractivity contribution in [3.8, 4) is 5.75 Å². The maximum absolute atomic E-state index is 13.9. The van der Waals surface area contributed by atoms with Crippen LogP contribution in [0, 0.1) is 6.92 Å². The standard InChI is InChI=1S/C31H26O6S3/c1-25-17-21-30(22-18-25)39(32,33)36-26-19-23-31(24-20-26)40(34,35)37-38(27-11-5-2-6-12-27,28-13-7-3-8-14-28)29-15-9-4-10-16-29/h2-24H,1H3. The van der Waals surface area contributed by atoms with Gasteiger partial charge in [0.15, 0.2) is 0 Å². The summed E-state index contributed by atoms with van der Waals surface area (Å²) in [6.45, 7) is 1.85. The minimum atomic E-state index is -4.35. The molecule has 9 heteroatoms. The number of rotatable bonds is 9. The van der Waals surface area contributed by atoms with Gasteiger partial charge >= 0.3 is 20.2 Å². The predicted octanol–water partition coefficient (Wildman–Crippen LogP) is 7.36. The summed E-state index contributed by atoms with van der Waals surface area (Å²) in [5.41, 5.74) is 0.910. The van der Waals surface area contributed by atoms with Gasteiger partial charge in [0.1, 0.15) is 10.6 Å². The molecule has 0 radical (unpaired) electrons. The highest BCUT2D eigenvalue weighted by Crippen LogP contribution is 2.70. The van der Waals surface area contributed by atoms with Gasteiger partial charge in [-0.2, -0.15) is 16.8 Å². The highest BCUT2D eigenvalue weighted by molar-refractivity contribution is 8.33. The molecule has 204 valence electrons. The Morgan fingerprint density at radius 1 is 0.425 bits per heavy atom. The summed E-state index contributed by atoms with van der Waals surface area (Å²) < 4.78 is 64.6. The van der Waals surface area contributed by atoms with E-state index in [-0.39, 0.29) is 15.5 Å². The maximum atomic E-state index is 13.9. The zero-order valence-electron chi connectivity index (χ0n) is 21.5. The third kappa shape index (κ3) is 5.68. The lowest BCUT2D eigenvalue weighted by atomic mass is 10.2. The van der Waals surface area contributed by atoms with Crippen LogP contribution in [0.5, 0.6) is 5.75 Å². The fourth-order valence-corrected chi connectivity index (χ4v) is 10.2. The lowest BCUT2D eigenvalue weighted by Crippen LogP contribution is -2.14. The van der Waals surface area contributed by atoms with Gasteiger partial charge in [-0.3, -0.25) is 0 Å². The van der Waals surface area contributed by atoms with E-state index >= 15 is 0 Å². The van der Waals surface area contributed by atoms with Gasteiger partial charge in [0.2, 0.25) is 0 Å². The lowest BCUT2D eigenvalue weighted by molar-refractivity contribution is 0.485. The van der Waals surface area contributed by atoms with E-state index in [0.717, 1.165) is 5.56 Å². The van der Waals surface area contributed by atoms with Gasteiger partial charge < -0.3 is 4.18 Å². The third-order valence-electron chi connectivity index (χ3n) is 6.05. The van der Waals surface area contributed by atoms with Crippen LogP contribution < -0.4 is 4.18 Å². The first-order valence-electron chi connectivity index (χ1n) is 12.3. The van der Waals surface area contributed by atoms with Crippen molar-refractivity contribution in [2.45, 2.75) is 31.4 Å². The summed E-state index contributed by atoms with van der Waals surface area (Å²) in [4.78, 5) is 1.99. The Bertz CT molecular complexity index is 1690. The van der Waals surface area contributed by atoms with Gasteiger partial charge in [0.05, 0.1) is 4.90 Å². The van der Waals surface area contributed by atoms with Gasteiger partial charge in [-0.25, -0.2) is 3.63 Å². The van der Waals surface area contributed by atoms with E-state index in [9.17, 15) is 16.8 Å². The molecule has 0 bridgehead atoms. The van der Waals surface area contributed by atoms with E-state index in [0.29, 0.717) is 14.7 Å². The molecule has 0 spiro atoms. The van der Waals surface area contributed by atoms with Crippen molar-refractivity contribution >= 4 is 30.5 Å². The van der Waals surface area contributed by atoms with E-state index < -0.39 is 30.5 Å². The first-order chi connectivity index (χ1) is 19.2. The second kappa shape index (κ2) is 11.3. The van der Waals surface area contributed by atoms with Crippen molar-refractivity contribution in [1.82, 2.24) is 0 Å². The summed E-state index contributed by atoms with van der Waals surface area (Å²) in [6, 6.07) is 39.2. The minimum absolute atomic E-state index is 0.0000910. The van der Waals surface area contributed by atoms with Gasteiger partial charge in [-0.1, -0.05) is 72.3 Å². The second-order valence-corrected chi connectivity index (χ2v) is 14.8. The molecule has 0 atom stereocenters. The second-order valence-electron chi connectivity index (χ2n) is 8.84. The Hall–Kier alpha value is -3.89. The number of aryl methyl sites for hydroxylation is 1. The molecule has 0 aliphatic carbocycles. The first-order valence-corrected chi connectivity index (χ1v) is 16.6. The molecule has 0 amide bonds. The minimum Gasteiger partial charge on any atom is -0.379 e. The summed E-state index contributed by atoms with van der Waals surface area (Å²) in [5.74, 6) is -0.0210. The molecule has 0 N–H and O–H groups in total. The smallest absolute Gasteiger partial charge is 0.339 e. The Morgan fingerprint density at radius 2 is 0.800 bits per heavy atom. The average Bonchev–Trinajstić information content (AvgIpc) is 2.98. The fourth-order valence-electron chi connectivity index (χ4n) is 4.08. The Balaban J connectivity index is 1.54. The van der Waals surface area contributed by atoms with Crippen LogP contribution in [-0.4, -0.2) is 16.8 Å². The summed E-state index contributed by atoms with van der Waals surface area (Å²) in [6.07, 6.45) is 0. The van der Waals surface area contributed by atoms with Crippen LogP contribution in [0.15, 0.2) is 164 Å². The molecule has 0 aromatic heterocycles. The Kier molecular flexibility index (Phi) is 7.82. The molecule has 0 unspecified atom stereocenters. The van der Waals surface area contributed by atoms with Crippen molar-refractivity contribution < 1.29 is 24.6 Å². The fraction of sp³-hybridized carbons (Fsp3) is 0.0323. The van der Waals surface area contributed by atoms with E-state index in [4.69, 9.17) is 7.81 Å². The molecular formula is C31H26O6S3. The summed E-state index contributed by atoms with van der Waals surface area (Å²) in [5, 5.41) is 0. The number of hydrogen-bond acceptors (Lipinski definition) is 6. The average molecular weight is 591 g/mol. The van der Waals surface area contributed by atoms with Crippen molar-refractivity contribution in [2.24, 2.45) is 0 Å². The summed E-state index contributed by atoms with van der Waals surface area (Å²) in [7, 11) is -11.2. The van der Waals surface area contributed by atoms with Gasteiger partial charge in [-0.15, -0.1) is 0 Å². The molecule has 6 nitrogen and oxygen atoms in total. The van der Waals surface area contributed by atoms with Gasteiger partial charge in [-0.05, 0) is 90.0 Å². The molecular weight excluding hydrogens is 565 g/mol. The molecule has 0 aliphatic heterocycles. The normalized spacial score (nSPS) is 12.5. The molecule has 40 heavy (non-hydrogen) atoms. The van der Waals surface area contributed by atoms with Crippen LogP contribution in [0.2, 0.25) is 0 Å². The maximum Gasteiger partial charge on any atom is 0.339 e. The zero-order chi connectivity index (χ0) is 28.2. The molecule has 0 aliphatic rings. The molecule has 0 heterocycles. The third-order valence-corrected chi connectivity index (χ3v) is 12.5. The van der Waals surface area contributed by atoms with E-state index in [1.54, 1.807) is 12.1 Å². The zero-order valence-corrected chi connectivity index (χ0v) is 23.9. The topological polar surface area (TPSA) is 86.7 Å². The van der Waals surface area contributed by atoms with Crippen LogP contribution in [-0.2, 0) is 23.9 Å². The largest absolute Gasteiger partial charge is 0.379 e. The van der Waals surface area contributed by atoms with Crippen molar-refractivity contribution in [3.05, 3.63) is 145 Å². The molecule has 5 aromatic carbocycles. The van der Waals surface area contributed by atoms with Gasteiger partial charge in [0.25, 0.3) is 0 Å². The monoisotopic (exact) mass is 590 g/mol. The highest BCUT2D eigenvalue weighted by Gasteiger charge is 2.38. The molecule has 0 fully saturated rings. The Labute approximate surface area is 236 Å². The first kappa shape index (κ1) is 27.7. The van der Waals surface area contributed by atoms with E-state index in [1.807, 2.05) is 97.9 Å². The van der Waals surface area contributed by atoms with Crippen molar-refractivity contribution in [3.63, 3.8) is 0 Å². The highest BCUT2D eigenvalue weighted by atomic mass is 32.3. The molecule has 0 saturated carbocycles. The van der Waals surface area contributed by atoms with Crippen LogP contribution in [0.1, 0.15) is 5.56 Å². The Morgan fingerprint density at radius 3 is 1.23 bits per heavy atom. The van der Waals surface area contributed by atoms with E-state index in [1.165, 1.54) is 36.4 Å². The molecule has 5 rings (SSSR count). The van der Waals surface area contributed by atoms with Crippen molar-refractivity contribution in [1.29, 1.82) is 0 Å². The van der Waals surface area contributed by atoms with Crippen molar-refractivity contribution in [2.75, 3.05) is 0 Å². The van der Waals surface area contributed by atoms with E-state index in [2.05, 4.69) is 0 Å². The predicted molar refractivity (Wildman–Crippen MR) is 155 cm³/mol. The van der Waals surface area contributed by atoms with Crippen LogP contribution in [0.4, 0.5) is 0 Å². The number of hydrogen-bond donors (Lipinski definition) is 0. The summed E-state index contributed by atoms with van der Waals surface area (Å²) >= 11 is 0. The van der Waals surface area contributed by atoms with Crippen LogP contribution >= 0.6 is 10.3 Å². The van der Waals surface area contributed by atoms with Crippen LogP contribution in [0.25, 0.3) is 0 Å². The number of benzene rings is 5.